The summed E-state index contributed by atoms with van der Waals surface area (Å²) in [5.41, 5.74) is 1.41. The van der Waals surface area contributed by atoms with Crippen LogP contribution in [0, 0.1) is 11.2 Å². The Bertz CT molecular complexity index is 430. The lowest BCUT2D eigenvalue weighted by molar-refractivity contribution is 0.250. The van der Waals surface area contributed by atoms with Crippen molar-refractivity contribution in [1.82, 2.24) is 15.2 Å². The van der Waals surface area contributed by atoms with Crippen LogP contribution in [0.15, 0.2) is 18.3 Å². The molecule has 1 unspecified atom stereocenters. The summed E-state index contributed by atoms with van der Waals surface area (Å²) in [7, 11) is 1.95. The molecule has 118 valence electrons. The first-order valence-electron chi connectivity index (χ1n) is 8.01. The first-order valence-corrected chi connectivity index (χ1v) is 8.01. The van der Waals surface area contributed by atoms with Crippen molar-refractivity contribution in [2.75, 3.05) is 26.7 Å². The van der Waals surface area contributed by atoms with Gasteiger partial charge in [-0.2, -0.15) is 0 Å². The Morgan fingerprint density at radius 1 is 1.33 bits per heavy atom. The van der Waals surface area contributed by atoms with Gasteiger partial charge in [0.05, 0.1) is 17.9 Å². The van der Waals surface area contributed by atoms with Crippen molar-refractivity contribution < 1.29 is 4.39 Å². The topological polar surface area (TPSA) is 28.2 Å². The second-order valence-corrected chi connectivity index (χ2v) is 6.89. The molecule has 0 radical (unpaired) electrons. The van der Waals surface area contributed by atoms with Crippen LogP contribution < -0.4 is 5.32 Å². The van der Waals surface area contributed by atoms with Gasteiger partial charge in [-0.1, -0.05) is 13.8 Å². The number of likely N-dealkylation sites (tertiary alicyclic amines) is 1. The highest BCUT2D eigenvalue weighted by Gasteiger charge is 2.23. The van der Waals surface area contributed by atoms with Gasteiger partial charge in [0.25, 0.3) is 0 Å². The molecule has 1 aliphatic heterocycles. The molecular weight excluding hydrogens is 265 g/mol. The Balaban J connectivity index is 1.87. The van der Waals surface area contributed by atoms with Crippen LogP contribution in [0.25, 0.3) is 0 Å². The molecule has 1 fully saturated rings. The van der Waals surface area contributed by atoms with E-state index in [1.807, 2.05) is 7.05 Å². The van der Waals surface area contributed by atoms with Crippen LogP contribution in [-0.2, 0) is 0 Å². The van der Waals surface area contributed by atoms with Crippen LogP contribution >= 0.6 is 0 Å². The normalized spacial score (nSPS) is 21.0. The van der Waals surface area contributed by atoms with Gasteiger partial charge in [-0.25, -0.2) is 4.39 Å². The van der Waals surface area contributed by atoms with Crippen molar-refractivity contribution >= 4 is 0 Å². The highest BCUT2D eigenvalue weighted by Crippen LogP contribution is 2.30. The zero-order valence-electron chi connectivity index (χ0n) is 13.5. The van der Waals surface area contributed by atoms with Crippen molar-refractivity contribution in [1.29, 1.82) is 0 Å². The first-order chi connectivity index (χ1) is 10.00. The third-order valence-corrected chi connectivity index (χ3v) is 4.62. The van der Waals surface area contributed by atoms with Crippen molar-refractivity contribution in [3.8, 4) is 0 Å². The SMILES string of the molecule is CNC(CCN1CCCC(C)(C)CC1)c1ccc(F)cn1. The fraction of sp³-hybridized carbons (Fsp3) is 0.706. The van der Waals surface area contributed by atoms with Crippen LogP contribution in [0.2, 0.25) is 0 Å². The van der Waals surface area contributed by atoms with Gasteiger partial charge >= 0.3 is 0 Å². The van der Waals surface area contributed by atoms with Crippen LogP contribution in [0.1, 0.15) is 51.3 Å². The molecule has 1 aromatic heterocycles. The minimum Gasteiger partial charge on any atom is -0.312 e. The van der Waals surface area contributed by atoms with E-state index in [-0.39, 0.29) is 11.9 Å². The molecule has 2 rings (SSSR count). The summed E-state index contributed by atoms with van der Waals surface area (Å²) in [5, 5.41) is 3.30. The zero-order chi connectivity index (χ0) is 15.3. The van der Waals surface area contributed by atoms with Crippen molar-refractivity contribution in [2.45, 2.75) is 45.6 Å². The molecule has 0 aromatic carbocycles. The maximum Gasteiger partial charge on any atom is 0.141 e. The van der Waals surface area contributed by atoms with Crippen LogP contribution in [0.5, 0.6) is 0 Å². The van der Waals surface area contributed by atoms with Gasteiger partial charge in [0, 0.05) is 0 Å². The second-order valence-electron chi connectivity index (χ2n) is 6.89. The minimum absolute atomic E-state index is 0.196. The number of pyridine rings is 1. The van der Waals surface area contributed by atoms with Gasteiger partial charge in [-0.15, -0.1) is 0 Å². The zero-order valence-corrected chi connectivity index (χ0v) is 13.5. The lowest BCUT2D eigenvalue weighted by atomic mass is 9.85. The largest absolute Gasteiger partial charge is 0.312 e. The highest BCUT2D eigenvalue weighted by molar-refractivity contribution is 5.09. The fourth-order valence-corrected chi connectivity index (χ4v) is 3.05. The van der Waals surface area contributed by atoms with Gasteiger partial charge in [0.2, 0.25) is 0 Å². The van der Waals surface area contributed by atoms with E-state index in [0.717, 1.165) is 18.7 Å². The quantitative estimate of drug-likeness (QED) is 0.902. The average molecular weight is 293 g/mol. The molecule has 0 spiro atoms. The number of halogens is 1. The summed E-state index contributed by atoms with van der Waals surface area (Å²) < 4.78 is 13.0. The summed E-state index contributed by atoms with van der Waals surface area (Å²) in [5.74, 6) is -0.275. The van der Waals surface area contributed by atoms with E-state index in [9.17, 15) is 4.39 Å². The molecule has 1 aromatic rings. The summed E-state index contributed by atoms with van der Waals surface area (Å²) in [4.78, 5) is 6.76. The predicted molar refractivity (Wildman–Crippen MR) is 84.7 cm³/mol. The number of hydrogen-bond donors (Lipinski definition) is 1. The molecule has 0 aliphatic carbocycles. The van der Waals surface area contributed by atoms with Crippen LogP contribution in [0.3, 0.4) is 0 Å². The van der Waals surface area contributed by atoms with E-state index in [1.54, 1.807) is 6.07 Å². The van der Waals surface area contributed by atoms with Gasteiger partial charge in [0.15, 0.2) is 0 Å². The lowest BCUT2D eigenvalue weighted by Gasteiger charge is -2.25. The van der Waals surface area contributed by atoms with E-state index in [4.69, 9.17) is 0 Å². The molecule has 2 heterocycles. The Morgan fingerprint density at radius 2 is 2.14 bits per heavy atom. The summed E-state index contributed by atoms with van der Waals surface area (Å²) in [6.07, 6.45) is 6.18. The third kappa shape index (κ3) is 5.04. The van der Waals surface area contributed by atoms with Crippen LogP contribution in [0.4, 0.5) is 4.39 Å². The minimum atomic E-state index is -0.275. The molecule has 21 heavy (non-hydrogen) atoms. The summed E-state index contributed by atoms with van der Waals surface area (Å²) >= 11 is 0. The second kappa shape index (κ2) is 7.32. The van der Waals surface area contributed by atoms with Crippen molar-refractivity contribution in [2.24, 2.45) is 5.41 Å². The first kappa shape index (κ1) is 16.4. The maximum atomic E-state index is 13.0. The van der Waals surface area contributed by atoms with E-state index in [0.29, 0.717) is 5.41 Å². The van der Waals surface area contributed by atoms with Gasteiger partial charge in [-0.05, 0) is 69.9 Å². The van der Waals surface area contributed by atoms with Crippen molar-refractivity contribution in [3.63, 3.8) is 0 Å². The highest BCUT2D eigenvalue weighted by atomic mass is 19.1. The molecule has 4 heteroatoms. The van der Waals surface area contributed by atoms with E-state index in [2.05, 4.69) is 29.0 Å². The monoisotopic (exact) mass is 293 g/mol. The molecule has 0 amide bonds. The maximum absolute atomic E-state index is 13.0. The number of aromatic nitrogens is 1. The van der Waals surface area contributed by atoms with E-state index >= 15 is 0 Å². The molecule has 1 aliphatic rings. The lowest BCUT2D eigenvalue weighted by Crippen LogP contribution is -2.30. The molecular formula is C17H28FN3. The Labute approximate surface area is 127 Å². The standard InChI is InChI=1S/C17H28FN3/c1-17(2)8-4-10-21(12-9-17)11-7-15(19-3)16-6-5-14(18)13-20-16/h5-6,13,15,19H,4,7-12H2,1-3H3. The smallest absolute Gasteiger partial charge is 0.141 e. The number of nitrogens with zero attached hydrogens (tertiary/aromatic N) is 2. The molecule has 3 nitrogen and oxygen atoms in total. The van der Waals surface area contributed by atoms with Crippen LogP contribution in [-0.4, -0.2) is 36.6 Å². The van der Waals surface area contributed by atoms with Gasteiger partial charge in [0.1, 0.15) is 5.82 Å². The molecule has 0 bridgehead atoms. The van der Waals surface area contributed by atoms with Gasteiger partial charge in [-0.3, -0.25) is 4.98 Å². The Hall–Kier alpha value is -1.00. The Kier molecular flexibility index (Phi) is 5.71. The van der Waals surface area contributed by atoms with E-state index in [1.165, 1.54) is 44.6 Å². The average Bonchev–Trinajstić information content (AvgIpc) is 2.62. The van der Waals surface area contributed by atoms with Crippen molar-refractivity contribution in [3.05, 3.63) is 29.8 Å². The molecule has 1 atom stereocenters. The predicted octanol–water partition coefficient (Wildman–Crippen LogP) is 3.38. The summed E-state index contributed by atoms with van der Waals surface area (Å²) in [6, 6.07) is 3.46. The number of nitrogens with one attached hydrogen (secondary N) is 1. The van der Waals surface area contributed by atoms with E-state index < -0.39 is 0 Å². The molecule has 0 saturated carbocycles. The number of rotatable bonds is 5. The molecule has 1 saturated heterocycles. The summed E-state index contributed by atoms with van der Waals surface area (Å²) in [6.45, 7) is 8.18. The fourth-order valence-electron chi connectivity index (χ4n) is 3.05. The third-order valence-electron chi connectivity index (χ3n) is 4.62. The Morgan fingerprint density at radius 3 is 2.81 bits per heavy atom. The molecule has 1 N–H and O–H groups in total. The van der Waals surface area contributed by atoms with Gasteiger partial charge < -0.3 is 10.2 Å². The number of hydrogen-bond acceptors (Lipinski definition) is 3.